The highest BCUT2D eigenvalue weighted by Gasteiger charge is 2.34. The first-order valence-corrected chi connectivity index (χ1v) is 6.40. The molecule has 1 aromatic rings. The molecule has 4 nitrogen and oxygen atoms in total. The normalized spacial score (nSPS) is 23.0. The molecule has 2 atom stereocenters. The van der Waals surface area contributed by atoms with E-state index in [0.717, 1.165) is 24.9 Å². The molecule has 98 valence electrons. The van der Waals surface area contributed by atoms with Crippen LogP contribution in [0.2, 0.25) is 0 Å². The molecule has 0 spiro atoms. The second-order valence-corrected chi connectivity index (χ2v) is 4.95. The van der Waals surface area contributed by atoms with Gasteiger partial charge in [-0.05, 0) is 37.4 Å². The summed E-state index contributed by atoms with van der Waals surface area (Å²) in [6.07, 6.45) is 3.04. The van der Waals surface area contributed by atoms with E-state index in [4.69, 9.17) is 5.73 Å². The van der Waals surface area contributed by atoms with Crippen LogP contribution in [0.4, 0.5) is 5.69 Å². The van der Waals surface area contributed by atoms with Gasteiger partial charge in [-0.15, -0.1) is 0 Å². The van der Waals surface area contributed by atoms with Crippen molar-refractivity contribution < 1.29 is 9.90 Å². The molecule has 18 heavy (non-hydrogen) atoms. The molecule has 0 heterocycles. The Morgan fingerprint density at radius 2 is 2.28 bits per heavy atom. The van der Waals surface area contributed by atoms with Gasteiger partial charge in [0.15, 0.2) is 0 Å². The molecule has 3 N–H and O–H groups in total. The molecule has 0 bridgehead atoms. The number of phenolic OH excluding ortho intramolecular Hbond substituents is 1. The molecule has 1 aliphatic carbocycles. The predicted molar refractivity (Wildman–Crippen MR) is 71.4 cm³/mol. The average molecular weight is 248 g/mol. The van der Waals surface area contributed by atoms with E-state index in [2.05, 4.69) is 0 Å². The largest absolute Gasteiger partial charge is 0.508 e. The van der Waals surface area contributed by atoms with Crippen molar-refractivity contribution in [2.24, 2.45) is 17.6 Å². The Kier molecular flexibility index (Phi) is 3.87. The molecule has 4 heteroatoms. The van der Waals surface area contributed by atoms with E-state index in [1.54, 1.807) is 30.1 Å². The highest BCUT2D eigenvalue weighted by Crippen LogP contribution is 2.33. The smallest absolute Gasteiger partial charge is 0.230 e. The highest BCUT2D eigenvalue weighted by atomic mass is 16.3. The monoisotopic (exact) mass is 248 g/mol. The van der Waals surface area contributed by atoms with Gasteiger partial charge in [0.05, 0.1) is 0 Å². The lowest BCUT2D eigenvalue weighted by molar-refractivity contribution is -0.123. The number of nitrogens with zero attached hydrogens (tertiary/aromatic N) is 1. The number of amides is 1. The summed E-state index contributed by atoms with van der Waals surface area (Å²) in [7, 11) is 1.75. The number of benzene rings is 1. The van der Waals surface area contributed by atoms with Crippen LogP contribution in [0.25, 0.3) is 0 Å². The van der Waals surface area contributed by atoms with E-state index in [0.29, 0.717) is 12.5 Å². The van der Waals surface area contributed by atoms with Crippen molar-refractivity contribution in [3.63, 3.8) is 0 Å². The lowest BCUT2D eigenvalue weighted by atomic mass is 9.94. The fraction of sp³-hybridized carbons (Fsp3) is 0.500. The number of aromatic hydroxyl groups is 1. The number of hydrogen-bond donors (Lipinski definition) is 2. The maximum absolute atomic E-state index is 12.4. The van der Waals surface area contributed by atoms with Crippen molar-refractivity contribution >= 4 is 11.6 Å². The van der Waals surface area contributed by atoms with Crippen molar-refractivity contribution in [2.75, 3.05) is 18.5 Å². The third-order valence-electron chi connectivity index (χ3n) is 3.83. The van der Waals surface area contributed by atoms with E-state index in [9.17, 15) is 9.90 Å². The average Bonchev–Trinajstić information content (AvgIpc) is 2.85. The van der Waals surface area contributed by atoms with Gasteiger partial charge in [-0.3, -0.25) is 4.79 Å². The number of carbonyl (C=O) groups excluding carboxylic acids is 1. The van der Waals surface area contributed by atoms with Crippen LogP contribution < -0.4 is 10.6 Å². The van der Waals surface area contributed by atoms with Crippen LogP contribution in [-0.4, -0.2) is 24.6 Å². The molecule has 1 aliphatic rings. The standard InChI is InChI=1S/C14H20N2O2/c1-16(11-5-3-6-12(17)8-11)14(18)13-7-2-4-10(13)9-15/h3,5-6,8,10,13,17H,2,4,7,9,15H2,1H3. The summed E-state index contributed by atoms with van der Waals surface area (Å²) < 4.78 is 0. The van der Waals surface area contributed by atoms with Crippen molar-refractivity contribution in [3.05, 3.63) is 24.3 Å². The van der Waals surface area contributed by atoms with Crippen molar-refractivity contribution in [3.8, 4) is 5.75 Å². The van der Waals surface area contributed by atoms with Crippen LogP contribution in [0, 0.1) is 11.8 Å². The van der Waals surface area contributed by atoms with Gasteiger partial charge in [0.2, 0.25) is 5.91 Å². The molecule has 2 rings (SSSR count). The molecule has 1 saturated carbocycles. The van der Waals surface area contributed by atoms with E-state index in [1.807, 2.05) is 6.07 Å². The van der Waals surface area contributed by atoms with Gasteiger partial charge in [0.1, 0.15) is 5.75 Å². The Morgan fingerprint density at radius 3 is 2.94 bits per heavy atom. The van der Waals surface area contributed by atoms with Crippen molar-refractivity contribution in [2.45, 2.75) is 19.3 Å². The SMILES string of the molecule is CN(C(=O)C1CCCC1CN)c1cccc(O)c1. The Bertz CT molecular complexity index is 434. The van der Waals surface area contributed by atoms with Crippen LogP contribution >= 0.6 is 0 Å². The number of rotatable bonds is 3. The summed E-state index contributed by atoms with van der Waals surface area (Å²) in [5.41, 5.74) is 6.44. The molecule has 0 aliphatic heterocycles. The zero-order valence-electron chi connectivity index (χ0n) is 10.7. The predicted octanol–water partition coefficient (Wildman–Crippen LogP) is 1.73. The third-order valence-corrected chi connectivity index (χ3v) is 3.83. The van der Waals surface area contributed by atoms with Gasteiger partial charge in [-0.1, -0.05) is 12.5 Å². The molecule has 1 fully saturated rings. The number of hydrogen-bond acceptors (Lipinski definition) is 3. The number of phenols is 1. The van der Waals surface area contributed by atoms with Crippen LogP contribution in [0.3, 0.4) is 0 Å². The van der Waals surface area contributed by atoms with Gasteiger partial charge in [0.25, 0.3) is 0 Å². The summed E-state index contributed by atoms with van der Waals surface area (Å²) in [5.74, 6) is 0.613. The second-order valence-electron chi connectivity index (χ2n) is 4.95. The highest BCUT2D eigenvalue weighted by molar-refractivity contribution is 5.95. The second kappa shape index (κ2) is 5.40. The molecule has 0 aromatic heterocycles. The Labute approximate surface area is 107 Å². The zero-order valence-corrected chi connectivity index (χ0v) is 10.7. The minimum atomic E-state index is 0.0300. The van der Waals surface area contributed by atoms with Crippen molar-refractivity contribution in [1.82, 2.24) is 0 Å². The minimum absolute atomic E-state index is 0.0300. The Morgan fingerprint density at radius 1 is 1.50 bits per heavy atom. The number of anilines is 1. The number of carbonyl (C=O) groups is 1. The topological polar surface area (TPSA) is 66.6 Å². The summed E-state index contributed by atoms with van der Waals surface area (Å²) in [6, 6.07) is 6.76. The van der Waals surface area contributed by atoms with E-state index in [1.165, 1.54) is 0 Å². The van der Waals surface area contributed by atoms with Crippen LogP contribution in [0.5, 0.6) is 5.75 Å². The van der Waals surface area contributed by atoms with Gasteiger partial charge in [0, 0.05) is 24.7 Å². The quantitative estimate of drug-likeness (QED) is 0.856. The van der Waals surface area contributed by atoms with Crippen LogP contribution in [0.15, 0.2) is 24.3 Å². The van der Waals surface area contributed by atoms with Gasteiger partial charge in [-0.2, -0.15) is 0 Å². The molecule has 0 saturated heterocycles. The Balaban J connectivity index is 2.13. The Hall–Kier alpha value is -1.55. The maximum Gasteiger partial charge on any atom is 0.230 e. The molecule has 0 radical (unpaired) electrons. The summed E-state index contributed by atoms with van der Waals surface area (Å²) >= 11 is 0. The van der Waals surface area contributed by atoms with E-state index in [-0.39, 0.29) is 17.6 Å². The number of nitrogens with two attached hydrogens (primary N) is 1. The van der Waals surface area contributed by atoms with Crippen LogP contribution in [0.1, 0.15) is 19.3 Å². The zero-order chi connectivity index (χ0) is 13.1. The summed E-state index contributed by atoms with van der Waals surface area (Å²) in [5, 5.41) is 9.45. The van der Waals surface area contributed by atoms with Gasteiger partial charge >= 0.3 is 0 Å². The van der Waals surface area contributed by atoms with E-state index >= 15 is 0 Å². The first-order chi connectivity index (χ1) is 8.63. The molecular formula is C14H20N2O2. The van der Waals surface area contributed by atoms with E-state index < -0.39 is 0 Å². The maximum atomic E-state index is 12.4. The first-order valence-electron chi connectivity index (χ1n) is 6.40. The molecule has 2 unspecified atom stereocenters. The molecular weight excluding hydrogens is 228 g/mol. The van der Waals surface area contributed by atoms with Gasteiger partial charge < -0.3 is 15.7 Å². The third kappa shape index (κ3) is 2.48. The lowest BCUT2D eigenvalue weighted by Crippen LogP contribution is -2.36. The molecule has 1 amide bonds. The molecule has 1 aromatic carbocycles. The summed E-state index contributed by atoms with van der Waals surface area (Å²) in [6.45, 7) is 0.574. The van der Waals surface area contributed by atoms with Gasteiger partial charge in [-0.25, -0.2) is 0 Å². The fourth-order valence-corrected chi connectivity index (χ4v) is 2.72. The van der Waals surface area contributed by atoms with Crippen molar-refractivity contribution in [1.29, 1.82) is 0 Å². The lowest BCUT2D eigenvalue weighted by Gasteiger charge is -2.24. The fourth-order valence-electron chi connectivity index (χ4n) is 2.72. The summed E-state index contributed by atoms with van der Waals surface area (Å²) in [4.78, 5) is 14.0. The first kappa shape index (κ1) is 12.9. The minimum Gasteiger partial charge on any atom is -0.508 e. The van der Waals surface area contributed by atoms with Crippen LogP contribution in [-0.2, 0) is 4.79 Å².